The van der Waals surface area contributed by atoms with Crippen LogP contribution in [-0.2, 0) is 22.6 Å². The van der Waals surface area contributed by atoms with Crippen molar-refractivity contribution in [3.8, 4) is 0 Å². The van der Waals surface area contributed by atoms with E-state index >= 15 is 0 Å². The van der Waals surface area contributed by atoms with Gasteiger partial charge in [-0.1, -0.05) is 19.9 Å². The standard InChI is InChI=1S/C19H23F3N4O3S/c1-13(2)10-15-12-17(24-23-15)18(27)25-6-8-26(9-7-25)30(28,29)16-5-3-4-14(11-16)19(20,21)22/h3-5,11-13H,6-10H2,1-2H3,(H,23,24). The van der Waals surface area contributed by atoms with Crippen LogP contribution in [0.4, 0.5) is 13.2 Å². The number of sulfonamides is 1. The second kappa shape index (κ2) is 8.38. The summed E-state index contributed by atoms with van der Waals surface area (Å²) in [5, 5.41) is 6.87. The molecule has 1 amide bonds. The minimum absolute atomic E-state index is 0.00636. The van der Waals surface area contributed by atoms with E-state index in [0.29, 0.717) is 12.0 Å². The van der Waals surface area contributed by atoms with E-state index in [1.165, 1.54) is 4.90 Å². The average molecular weight is 444 g/mol. The summed E-state index contributed by atoms with van der Waals surface area (Å²) in [7, 11) is -4.09. The van der Waals surface area contributed by atoms with Crippen LogP contribution in [-0.4, -0.2) is 59.9 Å². The largest absolute Gasteiger partial charge is 0.416 e. The topological polar surface area (TPSA) is 86.4 Å². The predicted octanol–water partition coefficient (Wildman–Crippen LogP) is 2.77. The van der Waals surface area contributed by atoms with E-state index in [2.05, 4.69) is 10.2 Å². The number of alkyl halides is 3. The molecule has 1 aromatic carbocycles. The summed E-state index contributed by atoms with van der Waals surface area (Å²) in [6, 6.07) is 5.36. The molecule has 0 saturated carbocycles. The van der Waals surface area contributed by atoms with Crippen molar-refractivity contribution in [1.82, 2.24) is 19.4 Å². The summed E-state index contributed by atoms with van der Waals surface area (Å²) in [6.07, 6.45) is -3.88. The fourth-order valence-corrected chi connectivity index (χ4v) is 4.76. The van der Waals surface area contributed by atoms with E-state index in [-0.39, 0.29) is 37.8 Å². The number of halogens is 3. The Hall–Kier alpha value is -2.40. The van der Waals surface area contributed by atoms with E-state index in [9.17, 15) is 26.4 Å². The number of benzene rings is 1. The molecule has 1 aromatic heterocycles. The molecule has 0 radical (unpaired) electrons. The van der Waals surface area contributed by atoms with Crippen LogP contribution >= 0.6 is 0 Å². The van der Waals surface area contributed by atoms with E-state index in [1.807, 2.05) is 13.8 Å². The molecular weight excluding hydrogens is 421 g/mol. The summed E-state index contributed by atoms with van der Waals surface area (Å²) >= 11 is 0. The Bertz CT molecular complexity index is 1010. The number of aromatic amines is 1. The highest BCUT2D eigenvalue weighted by Crippen LogP contribution is 2.31. The van der Waals surface area contributed by atoms with Crippen LogP contribution in [0.15, 0.2) is 35.2 Å². The lowest BCUT2D eigenvalue weighted by Crippen LogP contribution is -2.50. The number of H-pyrrole nitrogens is 1. The van der Waals surface area contributed by atoms with E-state index in [1.54, 1.807) is 6.07 Å². The van der Waals surface area contributed by atoms with Gasteiger partial charge in [0.1, 0.15) is 5.69 Å². The summed E-state index contributed by atoms with van der Waals surface area (Å²) in [5.41, 5.74) is 0.0899. The normalized spacial score (nSPS) is 16.3. The maximum atomic E-state index is 12.9. The van der Waals surface area contributed by atoms with Crippen molar-refractivity contribution in [1.29, 1.82) is 0 Å². The van der Waals surface area contributed by atoms with Crippen LogP contribution in [0, 0.1) is 5.92 Å². The molecule has 0 atom stereocenters. The first kappa shape index (κ1) is 22.3. The summed E-state index contributed by atoms with van der Waals surface area (Å²) in [6.45, 7) is 4.34. The Morgan fingerprint density at radius 1 is 1.17 bits per heavy atom. The molecule has 0 spiro atoms. The molecule has 0 aliphatic carbocycles. The van der Waals surface area contributed by atoms with Crippen LogP contribution in [0.3, 0.4) is 0 Å². The Morgan fingerprint density at radius 2 is 1.83 bits per heavy atom. The molecule has 1 N–H and O–H groups in total. The minimum Gasteiger partial charge on any atom is -0.335 e. The molecule has 30 heavy (non-hydrogen) atoms. The second-order valence-electron chi connectivity index (χ2n) is 7.60. The van der Waals surface area contributed by atoms with E-state index in [4.69, 9.17) is 0 Å². The van der Waals surface area contributed by atoms with Gasteiger partial charge in [0.25, 0.3) is 5.91 Å². The molecule has 3 rings (SSSR count). The molecule has 0 bridgehead atoms. The number of nitrogens with zero attached hydrogens (tertiary/aromatic N) is 3. The van der Waals surface area contributed by atoms with E-state index < -0.39 is 26.7 Å². The van der Waals surface area contributed by atoms with Crippen molar-refractivity contribution >= 4 is 15.9 Å². The van der Waals surface area contributed by atoms with Crippen molar-refractivity contribution in [3.63, 3.8) is 0 Å². The number of aromatic nitrogens is 2. The van der Waals surface area contributed by atoms with Crippen LogP contribution < -0.4 is 0 Å². The third-order valence-corrected chi connectivity index (χ3v) is 6.70. The molecule has 1 fully saturated rings. The van der Waals surface area contributed by atoms with Gasteiger partial charge in [-0.3, -0.25) is 9.89 Å². The number of nitrogens with one attached hydrogen (secondary N) is 1. The van der Waals surface area contributed by atoms with Crippen LogP contribution in [0.2, 0.25) is 0 Å². The number of hydrogen-bond acceptors (Lipinski definition) is 4. The zero-order valence-electron chi connectivity index (χ0n) is 16.6. The predicted molar refractivity (Wildman–Crippen MR) is 103 cm³/mol. The van der Waals surface area contributed by atoms with Crippen molar-refractivity contribution in [2.24, 2.45) is 5.92 Å². The molecular formula is C19H23F3N4O3S. The minimum atomic E-state index is -4.63. The zero-order chi connectivity index (χ0) is 22.1. The fraction of sp³-hybridized carbons (Fsp3) is 0.474. The Balaban J connectivity index is 1.67. The molecule has 164 valence electrons. The SMILES string of the molecule is CC(C)Cc1cc(C(=O)N2CCN(S(=O)(=O)c3cccc(C(F)(F)F)c3)CC2)n[nH]1. The van der Waals surface area contributed by atoms with Gasteiger partial charge in [0.2, 0.25) is 10.0 Å². The first-order valence-corrected chi connectivity index (χ1v) is 10.9. The van der Waals surface area contributed by atoms with Crippen LogP contribution in [0.5, 0.6) is 0 Å². The lowest BCUT2D eigenvalue weighted by Gasteiger charge is -2.33. The highest BCUT2D eigenvalue weighted by atomic mass is 32.2. The van der Waals surface area contributed by atoms with Gasteiger partial charge in [0, 0.05) is 31.9 Å². The molecule has 1 saturated heterocycles. The maximum absolute atomic E-state index is 12.9. The van der Waals surface area contributed by atoms with Gasteiger partial charge in [0.05, 0.1) is 10.5 Å². The number of amides is 1. The van der Waals surface area contributed by atoms with Crippen LogP contribution in [0.1, 0.15) is 35.6 Å². The zero-order valence-corrected chi connectivity index (χ0v) is 17.4. The van der Waals surface area contributed by atoms with Crippen molar-refractivity contribution in [3.05, 3.63) is 47.3 Å². The van der Waals surface area contributed by atoms with Gasteiger partial charge < -0.3 is 4.90 Å². The first-order valence-electron chi connectivity index (χ1n) is 9.49. The molecule has 2 heterocycles. The number of carbonyl (C=O) groups excluding carboxylic acids is 1. The Kier molecular flexibility index (Phi) is 6.23. The smallest absolute Gasteiger partial charge is 0.335 e. The van der Waals surface area contributed by atoms with Gasteiger partial charge in [0.15, 0.2) is 0 Å². The second-order valence-corrected chi connectivity index (χ2v) is 9.54. The molecule has 11 heteroatoms. The summed E-state index contributed by atoms with van der Waals surface area (Å²) in [5.74, 6) is 0.0929. The van der Waals surface area contributed by atoms with Gasteiger partial charge in [-0.05, 0) is 36.6 Å². The van der Waals surface area contributed by atoms with Crippen LogP contribution in [0.25, 0.3) is 0 Å². The van der Waals surface area contributed by atoms with Gasteiger partial charge in [-0.2, -0.15) is 22.6 Å². The maximum Gasteiger partial charge on any atom is 0.416 e. The average Bonchev–Trinajstić information content (AvgIpc) is 3.14. The van der Waals surface area contributed by atoms with Gasteiger partial charge in [-0.15, -0.1) is 0 Å². The third kappa shape index (κ3) is 4.84. The molecule has 2 aromatic rings. The monoisotopic (exact) mass is 444 g/mol. The summed E-state index contributed by atoms with van der Waals surface area (Å²) in [4.78, 5) is 13.7. The quantitative estimate of drug-likeness (QED) is 0.769. The Labute approximate surface area is 172 Å². The number of hydrogen-bond donors (Lipinski definition) is 1. The van der Waals surface area contributed by atoms with Gasteiger partial charge in [-0.25, -0.2) is 8.42 Å². The van der Waals surface area contributed by atoms with Crippen molar-refractivity contribution in [2.45, 2.75) is 31.3 Å². The van der Waals surface area contributed by atoms with E-state index in [0.717, 1.165) is 34.6 Å². The lowest BCUT2D eigenvalue weighted by atomic mass is 10.1. The number of carbonyl (C=O) groups is 1. The summed E-state index contributed by atoms with van der Waals surface area (Å²) < 4.78 is 65.3. The van der Waals surface area contributed by atoms with Crippen molar-refractivity contribution < 1.29 is 26.4 Å². The highest BCUT2D eigenvalue weighted by Gasteiger charge is 2.34. The first-order chi connectivity index (χ1) is 14.0. The molecule has 1 aliphatic heterocycles. The number of piperazine rings is 1. The fourth-order valence-electron chi connectivity index (χ4n) is 3.29. The third-order valence-electron chi connectivity index (χ3n) is 4.80. The number of rotatable bonds is 5. The Morgan fingerprint density at radius 3 is 2.43 bits per heavy atom. The molecule has 1 aliphatic rings. The molecule has 0 unspecified atom stereocenters. The van der Waals surface area contributed by atoms with Crippen molar-refractivity contribution in [2.75, 3.05) is 26.2 Å². The lowest BCUT2D eigenvalue weighted by molar-refractivity contribution is -0.137. The highest BCUT2D eigenvalue weighted by molar-refractivity contribution is 7.89. The molecule has 7 nitrogen and oxygen atoms in total. The van der Waals surface area contributed by atoms with Gasteiger partial charge >= 0.3 is 6.18 Å².